The zero-order valence-corrected chi connectivity index (χ0v) is 17.7. The zero-order valence-electron chi connectivity index (χ0n) is 16.9. The van der Waals surface area contributed by atoms with Crippen molar-refractivity contribution in [3.05, 3.63) is 41.5 Å². The van der Waals surface area contributed by atoms with Crippen LogP contribution in [0.5, 0.6) is 0 Å². The molecule has 28 heavy (non-hydrogen) atoms. The Kier molecular flexibility index (Phi) is 7.25. The van der Waals surface area contributed by atoms with Gasteiger partial charge < -0.3 is 5.32 Å². The highest BCUT2D eigenvalue weighted by Gasteiger charge is 2.19. The summed E-state index contributed by atoms with van der Waals surface area (Å²) in [4.78, 5) is 12.4. The van der Waals surface area contributed by atoms with Crippen LogP contribution >= 0.6 is 11.8 Å². The number of carbonyl (C=O) groups excluding carboxylic acids is 1. The van der Waals surface area contributed by atoms with E-state index in [0.29, 0.717) is 17.6 Å². The van der Waals surface area contributed by atoms with Crippen LogP contribution in [0, 0.1) is 0 Å². The van der Waals surface area contributed by atoms with E-state index in [2.05, 4.69) is 52.9 Å². The van der Waals surface area contributed by atoms with E-state index in [9.17, 15) is 4.79 Å². The van der Waals surface area contributed by atoms with Crippen molar-refractivity contribution in [3.63, 3.8) is 0 Å². The molecule has 1 N–H and O–H groups in total. The van der Waals surface area contributed by atoms with Crippen LogP contribution < -0.4 is 5.32 Å². The number of nitrogens with one attached hydrogen (secondary N) is 1. The Hall–Kier alpha value is -2.15. The third-order valence-corrected chi connectivity index (χ3v) is 6.06. The minimum atomic E-state index is -0.264. The quantitative estimate of drug-likeness (QED) is 0.530. The maximum absolute atomic E-state index is 12.4. The van der Waals surface area contributed by atoms with Crippen molar-refractivity contribution >= 4 is 17.7 Å². The van der Waals surface area contributed by atoms with Gasteiger partial charge in [-0.05, 0) is 73.1 Å². The van der Waals surface area contributed by atoms with Crippen LogP contribution in [0.4, 0.5) is 0 Å². The van der Waals surface area contributed by atoms with E-state index in [1.807, 2.05) is 19.1 Å². The molecule has 1 aliphatic carbocycles. The highest BCUT2D eigenvalue weighted by atomic mass is 32.2. The summed E-state index contributed by atoms with van der Waals surface area (Å²) in [6, 6.07) is 8.20. The average Bonchev–Trinajstić information content (AvgIpc) is 3.16. The maximum atomic E-state index is 12.4. The normalized spacial score (nSPS) is 15.4. The Labute approximate surface area is 171 Å². The van der Waals surface area contributed by atoms with E-state index in [1.165, 1.54) is 48.6 Å². The summed E-state index contributed by atoms with van der Waals surface area (Å²) in [5, 5.41) is 15.4. The van der Waals surface area contributed by atoms with Crippen LogP contribution in [0.3, 0.4) is 0 Å². The first kappa shape index (κ1) is 20.6. The van der Waals surface area contributed by atoms with Crippen molar-refractivity contribution in [1.82, 2.24) is 25.5 Å². The fourth-order valence-corrected chi connectivity index (χ4v) is 4.08. The Morgan fingerprint density at radius 1 is 1.21 bits per heavy atom. The molecule has 1 aliphatic rings. The number of allylic oxidation sites excluding steroid dienone is 1. The molecule has 0 bridgehead atoms. The number of hydrogen-bond donors (Lipinski definition) is 1. The van der Waals surface area contributed by atoms with Gasteiger partial charge in [0.1, 0.15) is 0 Å². The van der Waals surface area contributed by atoms with Crippen molar-refractivity contribution in [1.29, 1.82) is 0 Å². The third-order valence-electron chi connectivity index (χ3n) is 5.03. The number of tetrazole rings is 1. The number of rotatable bonds is 8. The Bertz CT molecular complexity index is 812. The molecule has 0 saturated heterocycles. The topological polar surface area (TPSA) is 72.7 Å². The summed E-state index contributed by atoms with van der Waals surface area (Å²) >= 11 is 1.38. The average molecular weight is 400 g/mol. The van der Waals surface area contributed by atoms with Crippen LogP contribution in [0.15, 0.2) is 41.1 Å². The molecular weight excluding hydrogens is 370 g/mol. The highest BCUT2D eigenvalue weighted by Crippen LogP contribution is 2.24. The van der Waals surface area contributed by atoms with Gasteiger partial charge in [0.05, 0.1) is 10.9 Å². The molecule has 1 amide bonds. The van der Waals surface area contributed by atoms with Gasteiger partial charge in [-0.2, -0.15) is 4.68 Å². The lowest BCUT2D eigenvalue weighted by atomic mass is 9.97. The van der Waals surface area contributed by atoms with E-state index < -0.39 is 0 Å². The second kappa shape index (κ2) is 9.87. The van der Waals surface area contributed by atoms with Crippen molar-refractivity contribution in [2.75, 3.05) is 6.54 Å². The number of hydrogen-bond acceptors (Lipinski definition) is 5. The van der Waals surface area contributed by atoms with Crippen molar-refractivity contribution in [3.8, 4) is 5.69 Å². The van der Waals surface area contributed by atoms with Crippen LogP contribution in [0.2, 0.25) is 0 Å². The monoisotopic (exact) mass is 399 g/mol. The predicted molar refractivity (Wildman–Crippen MR) is 113 cm³/mol. The molecule has 3 rings (SSSR count). The molecule has 7 heteroatoms. The number of nitrogens with zero attached hydrogens (tertiary/aromatic N) is 4. The van der Waals surface area contributed by atoms with E-state index in [1.54, 1.807) is 4.68 Å². The molecule has 1 atom stereocenters. The first-order chi connectivity index (χ1) is 13.5. The Balaban J connectivity index is 1.55. The maximum Gasteiger partial charge on any atom is 0.233 e. The predicted octanol–water partition coefficient (Wildman–Crippen LogP) is 4.27. The number of benzene rings is 1. The van der Waals surface area contributed by atoms with E-state index in [4.69, 9.17) is 0 Å². The molecule has 1 heterocycles. The van der Waals surface area contributed by atoms with E-state index in [-0.39, 0.29) is 11.2 Å². The summed E-state index contributed by atoms with van der Waals surface area (Å²) in [6.07, 6.45) is 8.18. The molecular formula is C21H29N5OS. The van der Waals surface area contributed by atoms with Gasteiger partial charge in [-0.3, -0.25) is 4.79 Å². The summed E-state index contributed by atoms with van der Waals surface area (Å²) in [5.41, 5.74) is 3.64. The Morgan fingerprint density at radius 3 is 2.68 bits per heavy atom. The number of amides is 1. The molecule has 1 aromatic carbocycles. The lowest BCUT2D eigenvalue weighted by molar-refractivity contribution is -0.120. The number of aromatic nitrogens is 4. The lowest BCUT2D eigenvalue weighted by Crippen LogP contribution is -2.32. The summed E-state index contributed by atoms with van der Waals surface area (Å²) in [5.74, 6) is 0.496. The van der Waals surface area contributed by atoms with E-state index >= 15 is 0 Å². The van der Waals surface area contributed by atoms with Gasteiger partial charge in [0.25, 0.3) is 0 Å². The molecule has 150 valence electrons. The van der Waals surface area contributed by atoms with Gasteiger partial charge in [-0.25, -0.2) is 0 Å². The number of carbonyl (C=O) groups is 1. The van der Waals surface area contributed by atoms with Gasteiger partial charge in [-0.15, -0.1) is 5.10 Å². The Morgan fingerprint density at radius 2 is 2.00 bits per heavy atom. The van der Waals surface area contributed by atoms with Gasteiger partial charge in [0, 0.05) is 6.54 Å². The molecule has 0 radical (unpaired) electrons. The summed E-state index contributed by atoms with van der Waals surface area (Å²) in [7, 11) is 0. The SMILES string of the molecule is CC(C)c1ccc(-n2nnnc2S[C@H](C)C(=O)NCCC2=CCCCC2)cc1. The minimum Gasteiger partial charge on any atom is -0.355 e. The first-order valence-electron chi connectivity index (χ1n) is 10.1. The van der Waals surface area contributed by atoms with Crippen LogP contribution in [-0.4, -0.2) is 37.9 Å². The zero-order chi connectivity index (χ0) is 19.9. The molecule has 0 spiro atoms. The second-order valence-electron chi connectivity index (χ2n) is 7.53. The fourth-order valence-electron chi connectivity index (χ4n) is 3.25. The van der Waals surface area contributed by atoms with Gasteiger partial charge in [-0.1, -0.05) is 49.4 Å². The van der Waals surface area contributed by atoms with Crippen LogP contribution in [-0.2, 0) is 4.79 Å². The molecule has 2 aromatic rings. The molecule has 0 saturated carbocycles. The van der Waals surface area contributed by atoms with E-state index in [0.717, 1.165) is 12.1 Å². The molecule has 0 unspecified atom stereocenters. The lowest BCUT2D eigenvalue weighted by Gasteiger charge is -2.15. The molecule has 6 nitrogen and oxygen atoms in total. The van der Waals surface area contributed by atoms with Crippen LogP contribution in [0.25, 0.3) is 5.69 Å². The fraction of sp³-hybridized carbons (Fsp3) is 0.524. The summed E-state index contributed by atoms with van der Waals surface area (Å²) in [6.45, 7) is 6.91. The van der Waals surface area contributed by atoms with Crippen molar-refractivity contribution in [2.24, 2.45) is 0 Å². The highest BCUT2D eigenvalue weighted by molar-refractivity contribution is 8.00. The largest absolute Gasteiger partial charge is 0.355 e. The smallest absolute Gasteiger partial charge is 0.233 e. The van der Waals surface area contributed by atoms with Crippen molar-refractivity contribution < 1.29 is 4.79 Å². The molecule has 0 aliphatic heterocycles. The summed E-state index contributed by atoms with van der Waals surface area (Å²) < 4.78 is 1.69. The third kappa shape index (κ3) is 5.44. The molecule has 0 fully saturated rings. The number of thioether (sulfide) groups is 1. The standard InChI is InChI=1S/C21H29N5OS/c1-15(2)18-9-11-19(12-10-18)26-21(23-24-25-26)28-16(3)20(27)22-14-13-17-7-5-4-6-8-17/h7,9-12,15-16H,4-6,8,13-14H2,1-3H3,(H,22,27)/t16-/m1/s1. The van der Waals surface area contributed by atoms with Crippen LogP contribution in [0.1, 0.15) is 64.4 Å². The first-order valence-corrected chi connectivity index (χ1v) is 10.9. The molecule has 1 aromatic heterocycles. The minimum absolute atomic E-state index is 0.0196. The second-order valence-corrected chi connectivity index (χ2v) is 8.84. The van der Waals surface area contributed by atoms with Gasteiger partial charge in [0.15, 0.2) is 0 Å². The van der Waals surface area contributed by atoms with Gasteiger partial charge in [0.2, 0.25) is 11.1 Å². The van der Waals surface area contributed by atoms with Gasteiger partial charge >= 0.3 is 0 Å². The van der Waals surface area contributed by atoms with Crippen molar-refractivity contribution in [2.45, 2.75) is 69.2 Å².